The summed E-state index contributed by atoms with van der Waals surface area (Å²) in [5, 5.41) is 6.85. The predicted octanol–water partition coefficient (Wildman–Crippen LogP) is 4.48. The number of benzene rings is 2. The summed E-state index contributed by atoms with van der Waals surface area (Å²) in [4.78, 5) is 0. The van der Waals surface area contributed by atoms with Crippen molar-refractivity contribution >= 4 is 0 Å². The Morgan fingerprint density at radius 2 is 1.76 bits per heavy atom. The van der Waals surface area contributed by atoms with Gasteiger partial charge in [-0.05, 0) is 47.6 Å². The van der Waals surface area contributed by atoms with Crippen molar-refractivity contribution in [3.63, 3.8) is 0 Å². The van der Waals surface area contributed by atoms with Crippen LogP contribution < -0.4 is 20.1 Å². The fourth-order valence-electron chi connectivity index (χ4n) is 3.32. The molecule has 1 fully saturated rings. The molecule has 0 unspecified atom stereocenters. The number of ether oxygens (including phenoxy) is 2. The van der Waals surface area contributed by atoms with Crippen LogP contribution in [0.5, 0.6) is 11.5 Å². The lowest BCUT2D eigenvalue weighted by molar-refractivity contribution is 0.300. The first-order chi connectivity index (χ1) is 14.3. The van der Waals surface area contributed by atoms with Crippen LogP contribution >= 0.6 is 0 Å². The molecule has 0 aromatic heterocycles. The zero-order chi connectivity index (χ0) is 20.3. The molecular weight excluding hydrogens is 360 g/mol. The Morgan fingerprint density at radius 3 is 2.41 bits per heavy atom. The van der Waals surface area contributed by atoms with Crippen molar-refractivity contribution in [1.82, 2.24) is 10.6 Å². The molecule has 0 saturated carbocycles. The van der Waals surface area contributed by atoms with Gasteiger partial charge in [0, 0.05) is 32.2 Å². The second-order valence-corrected chi connectivity index (χ2v) is 7.78. The van der Waals surface area contributed by atoms with Crippen LogP contribution in [0.4, 0.5) is 0 Å². The quantitative estimate of drug-likeness (QED) is 0.492. The molecule has 0 amide bonds. The number of nitrogens with one attached hydrogen (secondary N) is 2. The van der Waals surface area contributed by atoms with E-state index in [1.807, 2.05) is 6.07 Å². The van der Waals surface area contributed by atoms with Crippen LogP contribution in [0.25, 0.3) is 0 Å². The highest BCUT2D eigenvalue weighted by atomic mass is 16.5. The molecule has 0 radical (unpaired) electrons. The van der Waals surface area contributed by atoms with Gasteiger partial charge in [-0.25, -0.2) is 0 Å². The van der Waals surface area contributed by atoms with Crippen LogP contribution in [0.2, 0.25) is 0 Å². The summed E-state index contributed by atoms with van der Waals surface area (Å²) < 4.78 is 11.9. The van der Waals surface area contributed by atoms with E-state index >= 15 is 0 Å². The molecule has 0 spiro atoms. The normalized spacial score (nSPS) is 13.7. The average molecular weight is 395 g/mol. The Morgan fingerprint density at radius 1 is 1.03 bits per heavy atom. The summed E-state index contributed by atoms with van der Waals surface area (Å²) in [5.74, 6) is 2.40. The molecule has 29 heavy (non-hydrogen) atoms. The van der Waals surface area contributed by atoms with Crippen LogP contribution in [0, 0.1) is 5.92 Å². The minimum absolute atomic E-state index is 0.489. The van der Waals surface area contributed by atoms with Crippen LogP contribution in [-0.4, -0.2) is 26.2 Å². The van der Waals surface area contributed by atoms with Gasteiger partial charge in [0.25, 0.3) is 0 Å². The molecule has 1 heterocycles. The molecule has 2 N–H and O–H groups in total. The lowest BCUT2D eigenvalue weighted by Gasteiger charge is -2.27. The molecule has 1 aliphatic heterocycles. The first-order valence-corrected chi connectivity index (χ1v) is 10.8. The Bertz CT molecular complexity index is 754. The number of aryl methyl sites for hydroxylation is 1. The molecule has 4 nitrogen and oxygen atoms in total. The van der Waals surface area contributed by atoms with E-state index in [0.717, 1.165) is 50.0 Å². The lowest BCUT2D eigenvalue weighted by atomic mass is 10.0. The average Bonchev–Trinajstić information content (AvgIpc) is 2.71. The molecule has 4 heteroatoms. The number of unbranched alkanes of at least 4 members (excludes halogenated alkanes) is 1. The highest BCUT2D eigenvalue weighted by Gasteiger charge is 2.15. The fourth-order valence-corrected chi connectivity index (χ4v) is 3.32. The predicted molar refractivity (Wildman–Crippen MR) is 120 cm³/mol. The second-order valence-electron chi connectivity index (χ2n) is 7.78. The summed E-state index contributed by atoms with van der Waals surface area (Å²) in [6.45, 7) is 11.1. The zero-order valence-electron chi connectivity index (χ0n) is 17.6. The van der Waals surface area contributed by atoms with Gasteiger partial charge in [0.2, 0.25) is 0 Å². The van der Waals surface area contributed by atoms with Gasteiger partial charge in [0.05, 0.1) is 0 Å². The maximum atomic E-state index is 6.09. The first kappa shape index (κ1) is 21.4. The molecule has 0 aliphatic carbocycles. The van der Waals surface area contributed by atoms with Crippen LogP contribution in [0.15, 0.2) is 55.1 Å². The summed E-state index contributed by atoms with van der Waals surface area (Å²) in [5.41, 5.74) is 3.74. The molecule has 0 atom stereocenters. The Balaban J connectivity index is 1.58. The van der Waals surface area contributed by atoms with Gasteiger partial charge in [-0.15, -0.1) is 0 Å². The highest BCUT2D eigenvalue weighted by molar-refractivity contribution is 5.39. The molecular formula is C25H34N2O2. The van der Waals surface area contributed by atoms with E-state index in [1.54, 1.807) is 6.08 Å². The van der Waals surface area contributed by atoms with E-state index in [9.17, 15) is 0 Å². The molecule has 156 valence electrons. The van der Waals surface area contributed by atoms with Gasteiger partial charge < -0.3 is 20.1 Å². The summed E-state index contributed by atoms with van der Waals surface area (Å²) in [7, 11) is 0. The minimum atomic E-state index is 0.489. The van der Waals surface area contributed by atoms with Gasteiger partial charge in [-0.3, -0.25) is 0 Å². The van der Waals surface area contributed by atoms with Crippen molar-refractivity contribution in [1.29, 1.82) is 0 Å². The SMILES string of the molecule is C=CCOc1cc(CNCC2CNC2)cc(OCc2ccc(CCCC)cc2)c1. The number of hydrogen-bond donors (Lipinski definition) is 2. The fraction of sp³-hybridized carbons (Fsp3) is 0.440. The van der Waals surface area contributed by atoms with E-state index in [4.69, 9.17) is 9.47 Å². The Hall–Kier alpha value is -2.30. The molecule has 1 aliphatic rings. The molecule has 0 bridgehead atoms. The Labute approximate surface area is 175 Å². The number of rotatable bonds is 13. The highest BCUT2D eigenvalue weighted by Crippen LogP contribution is 2.24. The van der Waals surface area contributed by atoms with Crippen molar-refractivity contribution in [3.8, 4) is 11.5 Å². The molecule has 2 aromatic carbocycles. The maximum absolute atomic E-state index is 6.09. The van der Waals surface area contributed by atoms with E-state index in [1.165, 1.54) is 29.5 Å². The topological polar surface area (TPSA) is 42.5 Å². The number of hydrogen-bond acceptors (Lipinski definition) is 4. The van der Waals surface area contributed by atoms with E-state index in [2.05, 4.69) is 60.5 Å². The van der Waals surface area contributed by atoms with Crippen molar-refractivity contribution in [3.05, 3.63) is 71.8 Å². The third kappa shape index (κ3) is 7.22. The third-order valence-electron chi connectivity index (χ3n) is 5.18. The smallest absolute Gasteiger partial charge is 0.123 e. The van der Waals surface area contributed by atoms with Crippen molar-refractivity contribution < 1.29 is 9.47 Å². The molecule has 2 aromatic rings. The zero-order valence-corrected chi connectivity index (χ0v) is 17.6. The van der Waals surface area contributed by atoms with Gasteiger partial charge in [0.1, 0.15) is 24.7 Å². The van der Waals surface area contributed by atoms with Crippen molar-refractivity contribution in [2.45, 2.75) is 39.3 Å². The van der Waals surface area contributed by atoms with Gasteiger partial charge in [-0.1, -0.05) is 50.3 Å². The third-order valence-corrected chi connectivity index (χ3v) is 5.18. The van der Waals surface area contributed by atoms with Crippen molar-refractivity contribution in [2.24, 2.45) is 5.92 Å². The molecule has 1 saturated heterocycles. The standard InChI is InChI=1S/C25H34N2O2/c1-3-5-6-20-7-9-21(10-8-20)19-29-25-13-22(12-24(14-25)28-11-4-2)15-26-16-23-17-27-18-23/h4,7-10,12-14,23,26-27H,2-3,5-6,11,15-19H2,1H3. The minimum Gasteiger partial charge on any atom is -0.489 e. The summed E-state index contributed by atoms with van der Waals surface area (Å²) in [6, 6.07) is 14.9. The van der Waals surface area contributed by atoms with E-state index in [-0.39, 0.29) is 0 Å². The van der Waals surface area contributed by atoms with Gasteiger partial charge in [-0.2, -0.15) is 0 Å². The van der Waals surface area contributed by atoms with E-state index in [0.29, 0.717) is 13.2 Å². The lowest BCUT2D eigenvalue weighted by Crippen LogP contribution is -2.47. The van der Waals surface area contributed by atoms with Crippen molar-refractivity contribution in [2.75, 3.05) is 26.2 Å². The largest absolute Gasteiger partial charge is 0.489 e. The van der Waals surface area contributed by atoms with Gasteiger partial charge in [0.15, 0.2) is 0 Å². The summed E-state index contributed by atoms with van der Waals surface area (Å²) in [6.07, 6.45) is 5.37. The van der Waals surface area contributed by atoms with E-state index < -0.39 is 0 Å². The monoisotopic (exact) mass is 394 g/mol. The second kappa shape index (κ2) is 11.6. The molecule has 3 rings (SSSR count). The van der Waals surface area contributed by atoms with Crippen LogP contribution in [0.1, 0.15) is 36.5 Å². The maximum Gasteiger partial charge on any atom is 0.123 e. The van der Waals surface area contributed by atoms with Crippen LogP contribution in [-0.2, 0) is 19.6 Å². The van der Waals surface area contributed by atoms with Gasteiger partial charge >= 0.3 is 0 Å². The van der Waals surface area contributed by atoms with Crippen LogP contribution in [0.3, 0.4) is 0 Å². The summed E-state index contributed by atoms with van der Waals surface area (Å²) >= 11 is 0. The first-order valence-electron chi connectivity index (χ1n) is 10.8. The Kier molecular flexibility index (Phi) is 8.59.